The first-order valence-electron chi connectivity index (χ1n) is 5.81. The Labute approximate surface area is 128 Å². The number of nitro benzene ring substituents is 1. The molecule has 1 aromatic carbocycles. The second-order valence-electron chi connectivity index (χ2n) is 4.28. The van der Waals surface area contributed by atoms with Crippen LogP contribution in [0.3, 0.4) is 0 Å². The maximum absolute atomic E-state index is 10.8. The van der Waals surface area contributed by atoms with Crippen LogP contribution in [0.2, 0.25) is 0 Å². The summed E-state index contributed by atoms with van der Waals surface area (Å²) in [6, 6.07) is 4.16. The number of amidine groups is 1. The largest absolute Gasteiger partial charge is 0.437 e. The van der Waals surface area contributed by atoms with Crippen molar-refractivity contribution < 1.29 is 9.66 Å². The van der Waals surface area contributed by atoms with Crippen LogP contribution >= 0.6 is 15.9 Å². The van der Waals surface area contributed by atoms with Gasteiger partial charge in [-0.25, -0.2) is 4.68 Å². The van der Waals surface area contributed by atoms with Gasteiger partial charge in [0.2, 0.25) is 5.88 Å². The van der Waals surface area contributed by atoms with E-state index in [4.69, 9.17) is 15.9 Å². The summed E-state index contributed by atoms with van der Waals surface area (Å²) in [6.45, 7) is 1.70. The predicted octanol–water partition coefficient (Wildman–Crippen LogP) is 2.48. The number of rotatable bonds is 4. The molecule has 0 radical (unpaired) electrons. The van der Waals surface area contributed by atoms with Gasteiger partial charge in [-0.15, -0.1) is 0 Å². The molecule has 0 saturated carbocycles. The second kappa shape index (κ2) is 5.52. The first kappa shape index (κ1) is 15.0. The summed E-state index contributed by atoms with van der Waals surface area (Å²) in [5, 5.41) is 22.5. The van der Waals surface area contributed by atoms with Crippen LogP contribution < -0.4 is 10.5 Å². The van der Waals surface area contributed by atoms with E-state index < -0.39 is 4.92 Å². The van der Waals surface area contributed by atoms with Gasteiger partial charge in [-0.1, -0.05) is 0 Å². The Morgan fingerprint density at radius 2 is 2.24 bits per heavy atom. The van der Waals surface area contributed by atoms with E-state index in [-0.39, 0.29) is 23.2 Å². The molecular weight excluding hydrogens is 342 g/mol. The third-order valence-electron chi connectivity index (χ3n) is 2.77. The van der Waals surface area contributed by atoms with Gasteiger partial charge in [-0.3, -0.25) is 15.5 Å². The van der Waals surface area contributed by atoms with Crippen molar-refractivity contribution in [1.82, 2.24) is 9.78 Å². The summed E-state index contributed by atoms with van der Waals surface area (Å²) in [4.78, 5) is 10.3. The van der Waals surface area contributed by atoms with E-state index in [0.717, 1.165) is 0 Å². The van der Waals surface area contributed by atoms with Gasteiger partial charge in [-0.05, 0) is 28.9 Å². The van der Waals surface area contributed by atoms with Crippen molar-refractivity contribution in [2.24, 2.45) is 12.8 Å². The topological polar surface area (TPSA) is 120 Å². The number of aromatic nitrogens is 2. The van der Waals surface area contributed by atoms with Crippen molar-refractivity contribution in [1.29, 1.82) is 5.41 Å². The molecule has 0 unspecified atom stereocenters. The number of aryl methyl sites for hydroxylation is 2. The van der Waals surface area contributed by atoms with E-state index in [1.54, 1.807) is 14.0 Å². The highest BCUT2D eigenvalue weighted by atomic mass is 79.9. The number of hydrogen-bond acceptors (Lipinski definition) is 5. The van der Waals surface area contributed by atoms with Gasteiger partial charge in [0.25, 0.3) is 5.69 Å². The second-order valence-corrected chi connectivity index (χ2v) is 5.13. The van der Waals surface area contributed by atoms with Crippen molar-refractivity contribution in [3.8, 4) is 11.6 Å². The van der Waals surface area contributed by atoms with E-state index in [1.807, 2.05) is 0 Å². The molecule has 0 amide bonds. The lowest BCUT2D eigenvalue weighted by molar-refractivity contribution is -0.384. The van der Waals surface area contributed by atoms with Gasteiger partial charge >= 0.3 is 0 Å². The highest BCUT2D eigenvalue weighted by molar-refractivity contribution is 9.10. The van der Waals surface area contributed by atoms with Crippen molar-refractivity contribution in [3.63, 3.8) is 0 Å². The minimum absolute atomic E-state index is 0.100. The molecule has 0 atom stereocenters. The standard InChI is InChI=1S/C12H12BrN5O3/c1-6-10(11(14)15)12(17(2)16-6)21-9-5-7(18(19)20)3-4-8(9)13/h3-5H,1-2H3,(H3,14,15). The van der Waals surface area contributed by atoms with E-state index in [1.165, 1.54) is 22.9 Å². The summed E-state index contributed by atoms with van der Waals surface area (Å²) in [5.41, 5.74) is 6.33. The van der Waals surface area contributed by atoms with Crippen LogP contribution in [0.5, 0.6) is 11.6 Å². The number of nitrogens with zero attached hydrogens (tertiary/aromatic N) is 3. The lowest BCUT2D eigenvalue weighted by atomic mass is 10.2. The van der Waals surface area contributed by atoms with Crippen molar-refractivity contribution >= 4 is 27.5 Å². The molecule has 0 aliphatic carbocycles. The van der Waals surface area contributed by atoms with Crippen molar-refractivity contribution in [2.75, 3.05) is 0 Å². The predicted molar refractivity (Wildman–Crippen MR) is 79.8 cm³/mol. The normalized spacial score (nSPS) is 10.4. The first-order valence-corrected chi connectivity index (χ1v) is 6.60. The molecule has 0 spiro atoms. The SMILES string of the molecule is Cc1nn(C)c(Oc2cc([N+](=O)[O-])ccc2Br)c1C(=N)N. The summed E-state index contributed by atoms with van der Waals surface area (Å²) < 4.78 is 7.64. The Kier molecular flexibility index (Phi) is 3.94. The monoisotopic (exact) mass is 353 g/mol. The molecule has 0 fully saturated rings. The van der Waals surface area contributed by atoms with Crippen LogP contribution in [0, 0.1) is 22.4 Å². The maximum Gasteiger partial charge on any atom is 0.273 e. The van der Waals surface area contributed by atoms with Gasteiger partial charge in [0.15, 0.2) is 5.75 Å². The molecule has 0 aliphatic heterocycles. The quantitative estimate of drug-likeness (QED) is 0.378. The smallest absolute Gasteiger partial charge is 0.273 e. The zero-order chi connectivity index (χ0) is 15.7. The number of hydrogen-bond donors (Lipinski definition) is 2. The third kappa shape index (κ3) is 2.87. The average molecular weight is 354 g/mol. The molecular formula is C12H12BrN5O3. The number of nitro groups is 1. The molecule has 9 heteroatoms. The van der Waals surface area contributed by atoms with Crippen LogP contribution in [0.4, 0.5) is 5.69 Å². The number of nitrogen functional groups attached to an aromatic ring is 1. The molecule has 110 valence electrons. The Hall–Kier alpha value is -2.42. The summed E-state index contributed by atoms with van der Waals surface area (Å²) in [6.07, 6.45) is 0. The number of nitrogens with two attached hydrogens (primary N) is 1. The van der Waals surface area contributed by atoms with E-state index in [0.29, 0.717) is 15.7 Å². The molecule has 1 aromatic heterocycles. The fraction of sp³-hybridized carbons (Fsp3) is 0.167. The lowest BCUT2D eigenvalue weighted by Crippen LogP contribution is -2.13. The van der Waals surface area contributed by atoms with Gasteiger partial charge in [0, 0.05) is 13.1 Å². The van der Waals surface area contributed by atoms with E-state index in [9.17, 15) is 10.1 Å². The van der Waals surface area contributed by atoms with E-state index >= 15 is 0 Å². The number of ether oxygens (including phenoxy) is 1. The Morgan fingerprint density at radius 3 is 2.81 bits per heavy atom. The van der Waals surface area contributed by atoms with Crippen molar-refractivity contribution in [2.45, 2.75) is 6.92 Å². The van der Waals surface area contributed by atoms with Crippen LogP contribution in [-0.2, 0) is 7.05 Å². The number of benzene rings is 1. The fourth-order valence-electron chi connectivity index (χ4n) is 1.85. The summed E-state index contributed by atoms with van der Waals surface area (Å²) >= 11 is 3.27. The highest BCUT2D eigenvalue weighted by Crippen LogP contribution is 2.34. The molecule has 2 aromatic rings. The van der Waals surface area contributed by atoms with Crippen molar-refractivity contribution in [3.05, 3.63) is 44.0 Å². The molecule has 2 rings (SSSR count). The van der Waals surface area contributed by atoms with Gasteiger partial charge < -0.3 is 10.5 Å². The Morgan fingerprint density at radius 1 is 1.57 bits per heavy atom. The first-order chi connectivity index (χ1) is 9.81. The van der Waals surface area contributed by atoms with E-state index in [2.05, 4.69) is 21.0 Å². The third-order valence-corrected chi connectivity index (χ3v) is 3.43. The minimum atomic E-state index is -0.514. The van der Waals surface area contributed by atoms with Gasteiger partial charge in [0.1, 0.15) is 11.4 Å². The minimum Gasteiger partial charge on any atom is -0.437 e. The number of nitrogens with one attached hydrogen (secondary N) is 1. The van der Waals surface area contributed by atoms with Crippen LogP contribution in [0.1, 0.15) is 11.3 Å². The van der Waals surface area contributed by atoms with Crippen LogP contribution in [-0.4, -0.2) is 20.5 Å². The van der Waals surface area contributed by atoms with Gasteiger partial charge in [0.05, 0.1) is 21.2 Å². The zero-order valence-corrected chi connectivity index (χ0v) is 12.8. The molecule has 0 saturated heterocycles. The molecule has 21 heavy (non-hydrogen) atoms. The maximum atomic E-state index is 10.8. The molecule has 8 nitrogen and oxygen atoms in total. The summed E-state index contributed by atoms with van der Waals surface area (Å²) in [5.74, 6) is 0.313. The van der Waals surface area contributed by atoms with Crippen LogP contribution in [0.15, 0.2) is 22.7 Å². The average Bonchev–Trinajstić information content (AvgIpc) is 2.66. The van der Waals surface area contributed by atoms with Gasteiger partial charge in [-0.2, -0.15) is 5.10 Å². The highest BCUT2D eigenvalue weighted by Gasteiger charge is 2.20. The lowest BCUT2D eigenvalue weighted by Gasteiger charge is -2.09. The number of halogens is 1. The van der Waals surface area contributed by atoms with Crippen LogP contribution in [0.25, 0.3) is 0 Å². The molecule has 0 aliphatic rings. The summed E-state index contributed by atoms with van der Waals surface area (Å²) in [7, 11) is 1.64. The zero-order valence-electron chi connectivity index (χ0n) is 11.3. The Balaban J connectivity index is 2.50. The fourth-order valence-corrected chi connectivity index (χ4v) is 2.18. The molecule has 0 bridgehead atoms. The number of non-ortho nitro benzene ring substituents is 1. The molecule has 3 N–H and O–H groups in total. The molecule has 1 heterocycles. The Bertz CT molecular complexity index is 741.